The number of rotatable bonds is 16. The quantitative estimate of drug-likeness (QED) is 0.0975. The Morgan fingerprint density at radius 1 is 0.652 bits per heavy atom. The highest BCUT2D eigenvalue weighted by atomic mass is 16.4. The fourth-order valence-corrected chi connectivity index (χ4v) is 5.10. The molecule has 0 aliphatic carbocycles. The molecule has 4 rings (SSSR count). The van der Waals surface area contributed by atoms with Crippen molar-refractivity contribution in [1.82, 2.24) is 20.9 Å². The van der Waals surface area contributed by atoms with Crippen LogP contribution in [0.5, 0.6) is 0 Å². The number of H-pyrrole nitrogens is 1. The first kappa shape index (κ1) is 33.4. The summed E-state index contributed by atoms with van der Waals surface area (Å²) in [6.45, 7) is 0. The van der Waals surface area contributed by atoms with Crippen LogP contribution in [0.4, 0.5) is 0 Å². The van der Waals surface area contributed by atoms with E-state index in [-0.39, 0.29) is 25.7 Å². The third-order valence-corrected chi connectivity index (χ3v) is 7.54. The monoisotopic (exact) mass is 627 g/mol. The lowest BCUT2D eigenvalue weighted by Crippen LogP contribution is -2.58. The molecule has 4 unspecified atom stereocenters. The van der Waals surface area contributed by atoms with Crippen LogP contribution in [-0.4, -0.2) is 69.0 Å². The lowest BCUT2D eigenvalue weighted by molar-refractivity contribution is -0.143. The summed E-state index contributed by atoms with van der Waals surface area (Å²) < 4.78 is 0. The molecule has 240 valence electrons. The maximum atomic E-state index is 13.8. The molecule has 0 spiro atoms. The zero-order valence-electron chi connectivity index (χ0n) is 25.0. The van der Waals surface area contributed by atoms with Gasteiger partial charge in [-0.25, -0.2) is 4.79 Å². The summed E-state index contributed by atoms with van der Waals surface area (Å²) in [6.07, 6.45) is 1.15. The van der Waals surface area contributed by atoms with Crippen LogP contribution in [0.3, 0.4) is 0 Å². The van der Waals surface area contributed by atoms with Crippen LogP contribution in [0.15, 0.2) is 91.1 Å². The number of para-hydroxylation sites is 1. The molecule has 1 aromatic heterocycles. The molecule has 12 nitrogen and oxygen atoms in total. The van der Waals surface area contributed by atoms with E-state index in [0.29, 0.717) is 11.1 Å². The molecule has 8 N–H and O–H groups in total. The Morgan fingerprint density at radius 3 is 1.83 bits per heavy atom. The van der Waals surface area contributed by atoms with Gasteiger partial charge in [0, 0.05) is 36.4 Å². The number of aromatic amines is 1. The van der Waals surface area contributed by atoms with E-state index in [9.17, 15) is 34.2 Å². The van der Waals surface area contributed by atoms with Crippen LogP contribution < -0.4 is 21.7 Å². The molecule has 4 atom stereocenters. The van der Waals surface area contributed by atoms with E-state index >= 15 is 0 Å². The molecule has 3 aromatic carbocycles. The number of amides is 3. The molecule has 1 heterocycles. The Hall–Kier alpha value is -5.49. The van der Waals surface area contributed by atoms with Crippen LogP contribution in [0, 0.1) is 0 Å². The van der Waals surface area contributed by atoms with Gasteiger partial charge in [-0.2, -0.15) is 0 Å². The van der Waals surface area contributed by atoms with Gasteiger partial charge in [0.25, 0.3) is 0 Å². The van der Waals surface area contributed by atoms with Gasteiger partial charge in [-0.15, -0.1) is 0 Å². The number of nitrogens with two attached hydrogens (primary N) is 1. The second-order valence-electron chi connectivity index (χ2n) is 11.0. The number of nitrogens with one attached hydrogen (secondary N) is 4. The number of aromatic nitrogens is 1. The van der Waals surface area contributed by atoms with Crippen LogP contribution in [0.25, 0.3) is 10.9 Å². The molecular formula is C34H37N5O7. The van der Waals surface area contributed by atoms with Crippen molar-refractivity contribution in [2.45, 2.75) is 56.3 Å². The van der Waals surface area contributed by atoms with Crippen molar-refractivity contribution >= 4 is 40.6 Å². The molecule has 0 fully saturated rings. The fraction of sp³-hybridized carbons (Fsp3) is 0.265. The predicted octanol–water partition coefficient (Wildman–Crippen LogP) is 1.93. The standard InChI is InChI=1S/C34H37N5O7/c35-25(17-21-9-3-1-4-10-21)31(42)38-28(19-23-20-36-26-14-8-7-13-24(23)26)33(44)37-27(15-16-30(40)41)32(43)39-29(34(45)46)18-22-11-5-2-6-12-22/h1-14,20,25,27-29,36H,15-19,35H2,(H,37,44)(H,38,42)(H,39,43)(H,40,41)(H,45,46). The van der Waals surface area contributed by atoms with Crippen LogP contribution in [0.1, 0.15) is 29.5 Å². The Kier molecular flexibility index (Phi) is 11.6. The van der Waals surface area contributed by atoms with E-state index in [1.165, 1.54) is 0 Å². The topological polar surface area (TPSA) is 204 Å². The Labute approximate surface area is 265 Å². The van der Waals surface area contributed by atoms with Gasteiger partial charge in [-0.1, -0.05) is 78.9 Å². The van der Waals surface area contributed by atoms with Gasteiger partial charge in [-0.3, -0.25) is 19.2 Å². The number of benzene rings is 3. The summed E-state index contributed by atoms with van der Waals surface area (Å²) in [6, 6.07) is 20.3. The van der Waals surface area contributed by atoms with Crippen molar-refractivity contribution < 1.29 is 34.2 Å². The van der Waals surface area contributed by atoms with Gasteiger partial charge in [0.15, 0.2) is 0 Å². The fourth-order valence-electron chi connectivity index (χ4n) is 5.10. The Bertz CT molecular complexity index is 1660. The lowest BCUT2D eigenvalue weighted by atomic mass is 10.0. The van der Waals surface area contributed by atoms with Gasteiger partial charge >= 0.3 is 11.9 Å². The van der Waals surface area contributed by atoms with Gasteiger partial charge < -0.3 is 36.9 Å². The van der Waals surface area contributed by atoms with Gasteiger partial charge in [0.05, 0.1) is 6.04 Å². The maximum Gasteiger partial charge on any atom is 0.326 e. The molecule has 0 radical (unpaired) electrons. The largest absolute Gasteiger partial charge is 0.481 e. The van der Waals surface area contributed by atoms with Crippen molar-refractivity contribution in [2.24, 2.45) is 5.73 Å². The number of carbonyl (C=O) groups excluding carboxylic acids is 3. The number of aliphatic carboxylic acids is 2. The van der Waals surface area contributed by atoms with Crippen molar-refractivity contribution in [2.75, 3.05) is 0 Å². The van der Waals surface area contributed by atoms with E-state index in [2.05, 4.69) is 20.9 Å². The number of carboxylic acids is 2. The van der Waals surface area contributed by atoms with Gasteiger partial charge in [0.2, 0.25) is 17.7 Å². The number of hydrogen-bond donors (Lipinski definition) is 7. The maximum absolute atomic E-state index is 13.8. The first-order valence-electron chi connectivity index (χ1n) is 14.8. The van der Waals surface area contributed by atoms with E-state index in [1.54, 1.807) is 36.5 Å². The summed E-state index contributed by atoms with van der Waals surface area (Å²) in [4.78, 5) is 66.9. The Morgan fingerprint density at radius 2 is 1.20 bits per heavy atom. The molecule has 0 bridgehead atoms. The molecule has 3 amide bonds. The highest BCUT2D eigenvalue weighted by molar-refractivity contribution is 5.95. The summed E-state index contributed by atoms with van der Waals surface area (Å²) >= 11 is 0. The molecule has 0 saturated carbocycles. The first-order chi connectivity index (χ1) is 22.1. The normalized spacial score (nSPS) is 13.6. The van der Waals surface area contributed by atoms with Crippen LogP contribution >= 0.6 is 0 Å². The third kappa shape index (κ3) is 9.50. The van der Waals surface area contributed by atoms with Gasteiger partial charge in [0.1, 0.15) is 18.1 Å². The summed E-state index contributed by atoms with van der Waals surface area (Å²) in [5.74, 6) is -4.72. The van der Waals surface area contributed by atoms with Gasteiger partial charge in [-0.05, 0) is 35.6 Å². The third-order valence-electron chi connectivity index (χ3n) is 7.54. The highest BCUT2D eigenvalue weighted by Gasteiger charge is 2.31. The number of hydrogen-bond acceptors (Lipinski definition) is 6. The highest BCUT2D eigenvalue weighted by Crippen LogP contribution is 2.19. The van der Waals surface area contributed by atoms with E-state index < -0.39 is 60.2 Å². The summed E-state index contributed by atoms with van der Waals surface area (Å²) in [5.41, 5.74) is 9.23. The SMILES string of the molecule is NC(Cc1ccccc1)C(=O)NC(Cc1c[nH]c2ccccc12)C(=O)NC(CCC(=O)O)C(=O)NC(Cc1ccccc1)C(=O)O. The second kappa shape index (κ2) is 16.0. The van der Waals surface area contributed by atoms with Crippen LogP contribution in [0.2, 0.25) is 0 Å². The van der Waals surface area contributed by atoms with Crippen molar-refractivity contribution in [3.05, 3.63) is 108 Å². The molecule has 0 aliphatic rings. The number of carbonyl (C=O) groups is 5. The zero-order chi connectivity index (χ0) is 33.1. The lowest BCUT2D eigenvalue weighted by Gasteiger charge is -2.25. The zero-order valence-corrected chi connectivity index (χ0v) is 25.0. The average Bonchev–Trinajstić information content (AvgIpc) is 3.45. The molecule has 46 heavy (non-hydrogen) atoms. The Balaban J connectivity index is 1.54. The van der Waals surface area contributed by atoms with Crippen molar-refractivity contribution in [3.8, 4) is 0 Å². The van der Waals surface area contributed by atoms with E-state index in [4.69, 9.17) is 5.73 Å². The minimum Gasteiger partial charge on any atom is -0.481 e. The smallest absolute Gasteiger partial charge is 0.326 e. The van der Waals surface area contributed by atoms with Crippen molar-refractivity contribution in [3.63, 3.8) is 0 Å². The molecule has 0 saturated heterocycles. The molecular weight excluding hydrogens is 590 g/mol. The van der Waals surface area contributed by atoms with Crippen LogP contribution in [-0.2, 0) is 43.2 Å². The summed E-state index contributed by atoms with van der Waals surface area (Å²) in [7, 11) is 0. The minimum absolute atomic E-state index is 0.0265. The minimum atomic E-state index is -1.40. The number of fused-ring (bicyclic) bond motifs is 1. The van der Waals surface area contributed by atoms with Crippen molar-refractivity contribution in [1.29, 1.82) is 0 Å². The summed E-state index contributed by atoms with van der Waals surface area (Å²) in [5, 5.41) is 27.6. The first-order valence-corrected chi connectivity index (χ1v) is 14.8. The average molecular weight is 628 g/mol. The second-order valence-corrected chi connectivity index (χ2v) is 11.0. The van der Waals surface area contributed by atoms with E-state index in [1.807, 2.05) is 54.6 Å². The molecule has 0 aliphatic heterocycles. The predicted molar refractivity (Wildman–Crippen MR) is 171 cm³/mol. The molecule has 4 aromatic rings. The van der Waals surface area contributed by atoms with E-state index in [0.717, 1.165) is 16.5 Å². The number of carboxylic acid groups (broad SMARTS) is 2. The molecule has 12 heteroatoms.